The maximum Gasteiger partial charge on any atom is 0.255 e. The van der Waals surface area contributed by atoms with Gasteiger partial charge in [-0.1, -0.05) is 0 Å². The molecular weight excluding hydrogens is 370 g/mol. The molecule has 148 valence electrons. The third kappa shape index (κ3) is 3.81. The zero-order valence-electron chi connectivity index (χ0n) is 15.5. The van der Waals surface area contributed by atoms with Crippen molar-refractivity contribution in [3.8, 4) is 0 Å². The van der Waals surface area contributed by atoms with Crippen LogP contribution < -0.4 is 4.90 Å². The summed E-state index contributed by atoms with van der Waals surface area (Å²) in [6.07, 6.45) is 3.55. The van der Waals surface area contributed by atoms with Crippen molar-refractivity contribution in [2.45, 2.75) is 31.1 Å². The zero-order valence-corrected chi connectivity index (χ0v) is 16.3. The van der Waals surface area contributed by atoms with Crippen molar-refractivity contribution < 1.29 is 22.7 Å². The van der Waals surface area contributed by atoms with E-state index in [9.17, 15) is 13.2 Å². The van der Waals surface area contributed by atoms with Crippen LogP contribution in [0.15, 0.2) is 18.3 Å². The average molecular weight is 395 g/mol. The molecule has 8 nitrogen and oxygen atoms in total. The van der Waals surface area contributed by atoms with Gasteiger partial charge in [0.2, 0.25) is 0 Å². The van der Waals surface area contributed by atoms with E-state index in [1.165, 1.54) is 0 Å². The lowest BCUT2D eigenvalue weighted by molar-refractivity contribution is -0.181. The van der Waals surface area contributed by atoms with E-state index in [0.717, 1.165) is 0 Å². The molecule has 1 unspecified atom stereocenters. The minimum absolute atomic E-state index is 0.0482. The molecule has 3 aliphatic heterocycles. The second kappa shape index (κ2) is 7.03. The first kappa shape index (κ1) is 18.6. The van der Waals surface area contributed by atoms with Crippen molar-refractivity contribution in [2.24, 2.45) is 0 Å². The van der Waals surface area contributed by atoms with Crippen LogP contribution in [-0.2, 0) is 19.3 Å². The quantitative estimate of drug-likeness (QED) is 0.744. The molecule has 27 heavy (non-hydrogen) atoms. The number of piperidine rings is 1. The van der Waals surface area contributed by atoms with Crippen molar-refractivity contribution in [3.63, 3.8) is 0 Å². The van der Waals surface area contributed by atoms with Gasteiger partial charge < -0.3 is 19.3 Å². The van der Waals surface area contributed by atoms with Crippen molar-refractivity contribution in [1.82, 2.24) is 9.88 Å². The summed E-state index contributed by atoms with van der Waals surface area (Å²) in [5.41, 5.74) is 0.537. The summed E-state index contributed by atoms with van der Waals surface area (Å²) in [5.74, 6) is 0.518. The fourth-order valence-electron chi connectivity index (χ4n) is 4.01. The summed E-state index contributed by atoms with van der Waals surface area (Å²) in [4.78, 5) is 20.8. The predicted molar refractivity (Wildman–Crippen MR) is 99.5 cm³/mol. The Kier molecular flexibility index (Phi) is 4.85. The summed E-state index contributed by atoms with van der Waals surface area (Å²) >= 11 is 0. The van der Waals surface area contributed by atoms with Gasteiger partial charge in [0.05, 0.1) is 30.3 Å². The lowest BCUT2D eigenvalue weighted by Gasteiger charge is -2.37. The first-order valence-corrected chi connectivity index (χ1v) is 11.2. The molecule has 1 atom stereocenters. The molecule has 3 saturated heterocycles. The molecule has 1 spiro atoms. The summed E-state index contributed by atoms with van der Waals surface area (Å²) in [6, 6.07) is 3.48. The number of anilines is 1. The first-order chi connectivity index (χ1) is 12.9. The number of amides is 1. The standard InChI is InChI=1S/C18H25N3O5S/c1-20(15-4-11-27(23,24)13-15)16-3-2-14(12-19-16)17(22)21-7-5-18(6-8-21)25-9-10-26-18/h2-3,12,15H,4-11,13H2,1H3. The lowest BCUT2D eigenvalue weighted by Crippen LogP contribution is -2.47. The van der Waals surface area contributed by atoms with E-state index >= 15 is 0 Å². The van der Waals surface area contributed by atoms with E-state index in [0.29, 0.717) is 56.9 Å². The second-order valence-corrected chi connectivity index (χ2v) is 9.70. The van der Waals surface area contributed by atoms with Crippen LogP contribution in [0.2, 0.25) is 0 Å². The molecule has 1 aromatic rings. The summed E-state index contributed by atoms with van der Waals surface area (Å²) in [5, 5.41) is 0. The van der Waals surface area contributed by atoms with Crippen LogP contribution >= 0.6 is 0 Å². The number of aromatic nitrogens is 1. The number of ether oxygens (including phenoxy) is 2. The molecular formula is C18H25N3O5S. The van der Waals surface area contributed by atoms with Crippen LogP contribution in [0.25, 0.3) is 0 Å². The fraction of sp³-hybridized carbons (Fsp3) is 0.667. The van der Waals surface area contributed by atoms with Crippen LogP contribution in [0, 0.1) is 0 Å². The molecule has 1 amide bonds. The largest absolute Gasteiger partial charge is 0.356 e. The lowest BCUT2D eigenvalue weighted by atomic mass is 10.0. The van der Waals surface area contributed by atoms with E-state index in [4.69, 9.17) is 9.47 Å². The highest BCUT2D eigenvalue weighted by molar-refractivity contribution is 7.91. The normalized spacial score (nSPS) is 26.4. The third-order valence-electron chi connectivity index (χ3n) is 5.74. The molecule has 0 radical (unpaired) electrons. The molecule has 0 aromatic carbocycles. The number of sulfone groups is 1. The van der Waals surface area contributed by atoms with Gasteiger partial charge in [0.25, 0.3) is 5.91 Å². The number of nitrogens with zero attached hydrogens (tertiary/aromatic N) is 3. The Balaban J connectivity index is 1.38. The number of likely N-dealkylation sites (tertiary alicyclic amines) is 1. The molecule has 1 aromatic heterocycles. The highest BCUT2D eigenvalue weighted by atomic mass is 32.2. The van der Waals surface area contributed by atoms with Crippen LogP contribution in [0.4, 0.5) is 5.82 Å². The van der Waals surface area contributed by atoms with E-state index in [1.807, 2.05) is 11.9 Å². The zero-order chi connectivity index (χ0) is 19.1. The fourth-order valence-corrected chi connectivity index (χ4v) is 5.78. The van der Waals surface area contributed by atoms with Gasteiger partial charge in [-0.25, -0.2) is 13.4 Å². The molecule has 0 N–H and O–H groups in total. The van der Waals surface area contributed by atoms with Gasteiger partial charge in [0.15, 0.2) is 15.6 Å². The molecule has 0 bridgehead atoms. The van der Waals surface area contributed by atoms with E-state index < -0.39 is 15.6 Å². The first-order valence-electron chi connectivity index (χ1n) is 9.34. The Bertz CT molecular complexity index is 795. The Hall–Kier alpha value is -1.71. The second-order valence-electron chi connectivity index (χ2n) is 7.47. The number of carbonyl (C=O) groups excluding carboxylic acids is 1. The van der Waals surface area contributed by atoms with Crippen molar-refractivity contribution in [2.75, 3.05) is 49.8 Å². The number of pyridine rings is 1. The van der Waals surface area contributed by atoms with Gasteiger partial charge in [-0.3, -0.25) is 4.79 Å². The van der Waals surface area contributed by atoms with Crippen LogP contribution in [0.3, 0.4) is 0 Å². The summed E-state index contributed by atoms with van der Waals surface area (Å²) in [6.45, 7) is 2.44. The minimum Gasteiger partial charge on any atom is -0.356 e. The van der Waals surface area contributed by atoms with Gasteiger partial charge in [-0.15, -0.1) is 0 Å². The van der Waals surface area contributed by atoms with Gasteiger partial charge in [-0.05, 0) is 18.6 Å². The predicted octanol–water partition coefficient (Wildman–Crippen LogP) is 0.684. The topological polar surface area (TPSA) is 89.0 Å². The molecule has 4 heterocycles. The van der Waals surface area contributed by atoms with Crippen molar-refractivity contribution in [1.29, 1.82) is 0 Å². The Morgan fingerprint density at radius 3 is 2.52 bits per heavy atom. The van der Waals surface area contributed by atoms with Crippen molar-refractivity contribution in [3.05, 3.63) is 23.9 Å². The van der Waals surface area contributed by atoms with E-state index in [2.05, 4.69) is 4.98 Å². The third-order valence-corrected chi connectivity index (χ3v) is 7.49. The molecule has 3 fully saturated rings. The maximum atomic E-state index is 12.7. The van der Waals surface area contributed by atoms with Crippen molar-refractivity contribution >= 4 is 21.6 Å². The van der Waals surface area contributed by atoms with Crippen LogP contribution in [-0.4, -0.2) is 80.9 Å². The van der Waals surface area contributed by atoms with E-state index in [1.54, 1.807) is 23.2 Å². The molecule has 0 saturated carbocycles. The minimum atomic E-state index is -2.94. The monoisotopic (exact) mass is 395 g/mol. The SMILES string of the molecule is CN(c1ccc(C(=O)N2CCC3(CC2)OCCO3)cn1)C1CCS(=O)(=O)C1. The van der Waals surface area contributed by atoms with E-state index in [-0.39, 0.29) is 23.5 Å². The molecule has 3 aliphatic rings. The van der Waals surface area contributed by atoms with Crippen LogP contribution in [0.1, 0.15) is 29.6 Å². The number of rotatable bonds is 3. The highest BCUT2D eigenvalue weighted by Crippen LogP contribution is 2.31. The van der Waals surface area contributed by atoms with Gasteiger partial charge in [-0.2, -0.15) is 0 Å². The Labute approximate surface area is 159 Å². The number of hydrogen-bond acceptors (Lipinski definition) is 7. The number of carbonyl (C=O) groups is 1. The number of hydrogen-bond donors (Lipinski definition) is 0. The van der Waals surface area contributed by atoms with Crippen LogP contribution in [0.5, 0.6) is 0 Å². The van der Waals surface area contributed by atoms with Gasteiger partial charge >= 0.3 is 0 Å². The van der Waals surface area contributed by atoms with Gasteiger partial charge in [0.1, 0.15) is 5.82 Å². The smallest absolute Gasteiger partial charge is 0.255 e. The molecule has 4 rings (SSSR count). The highest BCUT2D eigenvalue weighted by Gasteiger charge is 2.41. The summed E-state index contributed by atoms with van der Waals surface area (Å²) in [7, 11) is -1.10. The molecule has 0 aliphatic carbocycles. The summed E-state index contributed by atoms with van der Waals surface area (Å²) < 4.78 is 34.7. The maximum absolute atomic E-state index is 12.7. The Morgan fingerprint density at radius 1 is 1.26 bits per heavy atom. The Morgan fingerprint density at radius 2 is 1.96 bits per heavy atom. The van der Waals surface area contributed by atoms with Gasteiger partial charge in [0, 0.05) is 45.2 Å². The average Bonchev–Trinajstić information content (AvgIpc) is 3.28. The molecule has 9 heteroatoms.